The number of nitrogens with zero attached hydrogens (tertiary/aromatic N) is 5. The molecule has 1 aliphatic rings. The molecule has 1 saturated carbocycles. The number of imidazole rings is 1. The zero-order valence-corrected chi connectivity index (χ0v) is 8.95. The molecular weight excluding hydrogens is 204 g/mol. The first kappa shape index (κ1) is 9.38. The Hall–Kier alpha value is -1.85. The van der Waals surface area contributed by atoms with Gasteiger partial charge < -0.3 is 9.88 Å². The van der Waals surface area contributed by atoms with Crippen molar-refractivity contribution < 1.29 is 0 Å². The predicted octanol–water partition coefficient (Wildman–Crippen LogP) is 0.749. The zero-order chi connectivity index (χ0) is 10.8. The molecule has 3 rings (SSSR count). The molecular formula is C10H14N6. The molecule has 0 saturated heterocycles. The molecule has 0 unspecified atom stereocenters. The van der Waals surface area contributed by atoms with Crippen LogP contribution in [-0.2, 0) is 13.1 Å². The van der Waals surface area contributed by atoms with E-state index in [9.17, 15) is 0 Å². The largest absolute Gasteiger partial charge is 0.353 e. The Bertz CT molecular complexity index is 442. The predicted molar refractivity (Wildman–Crippen MR) is 58.9 cm³/mol. The molecule has 0 bridgehead atoms. The van der Waals surface area contributed by atoms with Crippen LogP contribution in [0.3, 0.4) is 0 Å². The lowest BCUT2D eigenvalue weighted by Crippen LogP contribution is -2.12. The summed E-state index contributed by atoms with van der Waals surface area (Å²) in [6.07, 6.45) is 9.89. The fraction of sp³-hybridized carbons (Fsp3) is 0.500. The summed E-state index contributed by atoms with van der Waals surface area (Å²) in [5, 5.41) is 11.1. The second-order valence-electron chi connectivity index (χ2n) is 4.03. The molecule has 6 heteroatoms. The van der Waals surface area contributed by atoms with E-state index in [2.05, 4.69) is 25.2 Å². The number of aryl methyl sites for hydroxylation is 2. The highest BCUT2D eigenvalue weighted by atomic mass is 15.4. The lowest BCUT2D eigenvalue weighted by atomic mass is 10.6. The average Bonchev–Trinajstić information content (AvgIpc) is 2.80. The standard InChI is InChI=1S/C10H14N6/c1-2-9(1)13-10-11-3-5-15(10)7-8-16-6-4-12-14-16/h3-6,9H,1-2,7-8H2,(H,11,13). The number of aromatic nitrogens is 5. The maximum Gasteiger partial charge on any atom is 0.203 e. The van der Waals surface area contributed by atoms with Gasteiger partial charge in [0, 0.05) is 31.2 Å². The van der Waals surface area contributed by atoms with Crippen LogP contribution in [0, 0.1) is 0 Å². The van der Waals surface area contributed by atoms with E-state index in [1.165, 1.54) is 12.8 Å². The second-order valence-corrected chi connectivity index (χ2v) is 4.03. The lowest BCUT2D eigenvalue weighted by Gasteiger charge is -2.08. The Balaban J connectivity index is 1.62. The fourth-order valence-corrected chi connectivity index (χ4v) is 1.60. The number of anilines is 1. The molecule has 6 nitrogen and oxygen atoms in total. The molecule has 0 aliphatic heterocycles. The topological polar surface area (TPSA) is 60.6 Å². The van der Waals surface area contributed by atoms with Gasteiger partial charge in [0.05, 0.1) is 12.7 Å². The molecule has 1 N–H and O–H groups in total. The van der Waals surface area contributed by atoms with Crippen LogP contribution < -0.4 is 5.32 Å². The van der Waals surface area contributed by atoms with Crippen LogP contribution in [0.1, 0.15) is 12.8 Å². The third-order valence-corrected chi connectivity index (χ3v) is 2.67. The van der Waals surface area contributed by atoms with Gasteiger partial charge in [-0.15, -0.1) is 5.10 Å². The Morgan fingerprint density at radius 3 is 2.94 bits per heavy atom. The molecule has 1 aliphatic carbocycles. The van der Waals surface area contributed by atoms with Gasteiger partial charge in [0.15, 0.2) is 0 Å². The molecule has 0 aromatic carbocycles. The quantitative estimate of drug-likeness (QED) is 0.804. The van der Waals surface area contributed by atoms with Gasteiger partial charge in [-0.3, -0.25) is 4.68 Å². The van der Waals surface area contributed by atoms with Gasteiger partial charge in [0.25, 0.3) is 0 Å². The van der Waals surface area contributed by atoms with Gasteiger partial charge in [-0.25, -0.2) is 4.98 Å². The van der Waals surface area contributed by atoms with Gasteiger partial charge >= 0.3 is 0 Å². The van der Waals surface area contributed by atoms with E-state index in [0.29, 0.717) is 6.04 Å². The van der Waals surface area contributed by atoms with Crippen molar-refractivity contribution in [3.8, 4) is 0 Å². The van der Waals surface area contributed by atoms with Crippen LogP contribution in [0.5, 0.6) is 0 Å². The summed E-state index contributed by atoms with van der Waals surface area (Å²) in [6.45, 7) is 1.67. The van der Waals surface area contributed by atoms with Crippen LogP contribution in [0.15, 0.2) is 24.8 Å². The van der Waals surface area contributed by atoms with Gasteiger partial charge in [-0.2, -0.15) is 0 Å². The molecule has 16 heavy (non-hydrogen) atoms. The van der Waals surface area contributed by atoms with Crippen LogP contribution in [-0.4, -0.2) is 30.6 Å². The minimum atomic E-state index is 0.632. The highest BCUT2D eigenvalue weighted by Gasteiger charge is 2.22. The number of hydrogen-bond donors (Lipinski definition) is 1. The van der Waals surface area contributed by atoms with Crippen molar-refractivity contribution in [2.24, 2.45) is 0 Å². The van der Waals surface area contributed by atoms with E-state index in [4.69, 9.17) is 0 Å². The van der Waals surface area contributed by atoms with E-state index < -0.39 is 0 Å². The summed E-state index contributed by atoms with van der Waals surface area (Å²) in [5.41, 5.74) is 0. The number of rotatable bonds is 5. The van der Waals surface area contributed by atoms with E-state index in [1.54, 1.807) is 6.20 Å². The Morgan fingerprint density at radius 1 is 1.25 bits per heavy atom. The maximum absolute atomic E-state index is 4.30. The smallest absolute Gasteiger partial charge is 0.203 e. The minimum absolute atomic E-state index is 0.632. The van der Waals surface area contributed by atoms with E-state index in [1.807, 2.05) is 23.3 Å². The van der Waals surface area contributed by atoms with Crippen molar-refractivity contribution in [2.75, 3.05) is 5.32 Å². The van der Waals surface area contributed by atoms with Crippen LogP contribution in [0.4, 0.5) is 5.95 Å². The first-order valence-corrected chi connectivity index (χ1v) is 5.53. The summed E-state index contributed by atoms with van der Waals surface area (Å²) in [4.78, 5) is 4.30. The maximum atomic E-state index is 4.30. The average molecular weight is 218 g/mol. The van der Waals surface area contributed by atoms with E-state index in [-0.39, 0.29) is 0 Å². The molecule has 0 spiro atoms. The summed E-state index contributed by atoms with van der Waals surface area (Å²) in [7, 11) is 0. The first-order chi connectivity index (χ1) is 7.92. The molecule has 84 valence electrons. The summed E-state index contributed by atoms with van der Waals surface area (Å²) < 4.78 is 3.93. The molecule has 0 atom stereocenters. The van der Waals surface area contributed by atoms with Crippen molar-refractivity contribution in [1.29, 1.82) is 0 Å². The van der Waals surface area contributed by atoms with Crippen molar-refractivity contribution in [2.45, 2.75) is 32.0 Å². The number of hydrogen-bond acceptors (Lipinski definition) is 4. The molecule has 2 aromatic rings. The van der Waals surface area contributed by atoms with Gasteiger partial charge in [-0.05, 0) is 12.8 Å². The third kappa shape index (κ3) is 2.05. The SMILES string of the molecule is c1cn(CCn2ccnc2NC2CC2)nn1. The highest BCUT2D eigenvalue weighted by Crippen LogP contribution is 2.23. The van der Waals surface area contributed by atoms with Crippen LogP contribution in [0.2, 0.25) is 0 Å². The lowest BCUT2D eigenvalue weighted by molar-refractivity contribution is 0.521. The first-order valence-electron chi connectivity index (χ1n) is 5.53. The van der Waals surface area contributed by atoms with Gasteiger partial charge in [0.1, 0.15) is 0 Å². The van der Waals surface area contributed by atoms with Crippen molar-refractivity contribution >= 4 is 5.95 Å². The molecule has 0 radical (unpaired) electrons. The molecule has 0 amide bonds. The molecule has 2 heterocycles. The fourth-order valence-electron chi connectivity index (χ4n) is 1.60. The summed E-state index contributed by atoms with van der Waals surface area (Å²) >= 11 is 0. The summed E-state index contributed by atoms with van der Waals surface area (Å²) in [6, 6.07) is 0.632. The van der Waals surface area contributed by atoms with Crippen molar-refractivity contribution in [3.63, 3.8) is 0 Å². The van der Waals surface area contributed by atoms with Crippen molar-refractivity contribution in [1.82, 2.24) is 24.5 Å². The van der Waals surface area contributed by atoms with E-state index >= 15 is 0 Å². The Kier molecular flexibility index (Phi) is 2.32. The third-order valence-electron chi connectivity index (χ3n) is 2.67. The van der Waals surface area contributed by atoms with Gasteiger partial charge in [-0.1, -0.05) is 5.21 Å². The normalized spacial score (nSPS) is 15.2. The molecule has 1 fully saturated rings. The highest BCUT2D eigenvalue weighted by molar-refractivity contribution is 5.29. The monoisotopic (exact) mass is 218 g/mol. The zero-order valence-electron chi connectivity index (χ0n) is 8.95. The van der Waals surface area contributed by atoms with Crippen molar-refractivity contribution in [3.05, 3.63) is 24.8 Å². The van der Waals surface area contributed by atoms with Crippen LogP contribution in [0.25, 0.3) is 0 Å². The minimum Gasteiger partial charge on any atom is -0.353 e. The second kappa shape index (κ2) is 3.96. The number of nitrogens with one attached hydrogen (secondary N) is 1. The van der Waals surface area contributed by atoms with E-state index in [0.717, 1.165) is 19.0 Å². The molecule has 2 aromatic heterocycles. The van der Waals surface area contributed by atoms with Gasteiger partial charge in [0.2, 0.25) is 5.95 Å². The summed E-state index contributed by atoms with van der Waals surface area (Å²) in [5.74, 6) is 0.961. The Labute approximate surface area is 93.3 Å². The Morgan fingerprint density at radius 2 is 2.19 bits per heavy atom. The van der Waals surface area contributed by atoms with Crippen LogP contribution >= 0.6 is 0 Å².